The van der Waals surface area contributed by atoms with Crippen molar-refractivity contribution in [3.63, 3.8) is 0 Å². The maximum Gasteiger partial charge on any atom is 0.148 e. The zero-order chi connectivity index (χ0) is 12.7. The Morgan fingerprint density at radius 1 is 1.35 bits per heavy atom. The number of nitrogens with one attached hydrogen (secondary N) is 1. The number of hydrogen-bond acceptors (Lipinski definition) is 4. The lowest BCUT2D eigenvalue weighted by atomic mass is 10.0. The lowest BCUT2D eigenvalue weighted by Gasteiger charge is -2.15. The summed E-state index contributed by atoms with van der Waals surface area (Å²) in [5.74, 6) is 0.0851. The average molecular weight is 252 g/mol. The zero-order valence-electron chi connectivity index (χ0n) is 9.76. The summed E-state index contributed by atoms with van der Waals surface area (Å²) < 4.78 is 22.0. The van der Waals surface area contributed by atoms with Crippen molar-refractivity contribution in [1.29, 1.82) is 5.26 Å². The third-order valence-corrected chi connectivity index (χ3v) is 3.31. The number of nitrogens with zero attached hydrogens (tertiary/aromatic N) is 1. The SMILES string of the molecule is CS(=O)(=O)CCNC(CC#N)c1ccccc1. The summed E-state index contributed by atoms with van der Waals surface area (Å²) >= 11 is 0. The van der Waals surface area contributed by atoms with Crippen molar-refractivity contribution in [2.45, 2.75) is 12.5 Å². The molecule has 1 rings (SSSR count). The van der Waals surface area contributed by atoms with Crippen LogP contribution >= 0.6 is 0 Å². The Morgan fingerprint density at radius 3 is 2.53 bits per heavy atom. The fourth-order valence-corrected chi connectivity index (χ4v) is 1.99. The highest BCUT2D eigenvalue weighted by molar-refractivity contribution is 7.90. The van der Waals surface area contributed by atoms with E-state index in [1.165, 1.54) is 6.26 Å². The third kappa shape index (κ3) is 5.48. The first-order valence-electron chi connectivity index (χ1n) is 5.36. The van der Waals surface area contributed by atoms with Gasteiger partial charge in [-0.15, -0.1) is 0 Å². The molecule has 17 heavy (non-hydrogen) atoms. The highest BCUT2D eigenvalue weighted by Gasteiger charge is 2.11. The Labute approximate surface area is 102 Å². The van der Waals surface area contributed by atoms with E-state index in [9.17, 15) is 8.42 Å². The molecule has 0 spiro atoms. The number of nitriles is 1. The molecule has 0 saturated carbocycles. The van der Waals surface area contributed by atoms with Crippen LogP contribution in [-0.4, -0.2) is 27.0 Å². The van der Waals surface area contributed by atoms with Gasteiger partial charge in [-0.25, -0.2) is 8.42 Å². The quantitative estimate of drug-likeness (QED) is 0.828. The topological polar surface area (TPSA) is 70.0 Å². The number of sulfone groups is 1. The van der Waals surface area contributed by atoms with E-state index < -0.39 is 9.84 Å². The van der Waals surface area contributed by atoms with Crippen molar-refractivity contribution in [3.8, 4) is 6.07 Å². The van der Waals surface area contributed by atoms with Crippen molar-refractivity contribution < 1.29 is 8.42 Å². The maximum absolute atomic E-state index is 11.0. The molecule has 92 valence electrons. The Kier molecular flexibility index (Phi) is 5.13. The second-order valence-electron chi connectivity index (χ2n) is 3.91. The number of benzene rings is 1. The van der Waals surface area contributed by atoms with Crippen LogP contribution in [0.4, 0.5) is 0 Å². The summed E-state index contributed by atoms with van der Waals surface area (Å²) in [6, 6.07) is 11.6. The normalized spacial score (nSPS) is 12.9. The van der Waals surface area contributed by atoms with Gasteiger partial charge >= 0.3 is 0 Å². The van der Waals surface area contributed by atoms with E-state index in [1.807, 2.05) is 30.3 Å². The fourth-order valence-electron chi connectivity index (χ4n) is 1.50. The standard InChI is InChI=1S/C12H16N2O2S/c1-17(15,16)10-9-14-12(7-8-13)11-5-3-2-4-6-11/h2-6,12,14H,7,9-10H2,1H3. The molecule has 0 fully saturated rings. The van der Waals surface area contributed by atoms with Gasteiger partial charge in [0.25, 0.3) is 0 Å². The van der Waals surface area contributed by atoms with E-state index in [-0.39, 0.29) is 11.8 Å². The molecule has 0 saturated heterocycles. The van der Waals surface area contributed by atoms with Crippen molar-refractivity contribution in [3.05, 3.63) is 35.9 Å². The minimum atomic E-state index is -2.96. The summed E-state index contributed by atoms with van der Waals surface area (Å²) in [6.45, 7) is 0.361. The molecule has 1 atom stereocenters. The molecule has 0 heterocycles. The van der Waals surface area contributed by atoms with Crippen molar-refractivity contribution in [2.75, 3.05) is 18.6 Å². The Bertz CT molecular complexity index is 477. The molecule has 1 unspecified atom stereocenters. The fraction of sp³-hybridized carbons (Fsp3) is 0.417. The average Bonchev–Trinajstić information content (AvgIpc) is 2.27. The van der Waals surface area contributed by atoms with E-state index in [4.69, 9.17) is 5.26 Å². The Balaban J connectivity index is 2.59. The molecule has 0 aromatic heterocycles. The summed E-state index contributed by atoms with van der Waals surface area (Å²) in [4.78, 5) is 0. The second kappa shape index (κ2) is 6.38. The smallest absolute Gasteiger partial charge is 0.148 e. The predicted octanol–water partition coefficient (Wildman–Crippen LogP) is 1.28. The zero-order valence-corrected chi connectivity index (χ0v) is 10.6. The molecule has 1 aromatic rings. The van der Waals surface area contributed by atoms with Crippen LogP contribution in [0.1, 0.15) is 18.0 Å². The molecule has 0 bridgehead atoms. The molecule has 4 nitrogen and oxygen atoms in total. The number of hydrogen-bond donors (Lipinski definition) is 1. The van der Waals surface area contributed by atoms with Crippen molar-refractivity contribution in [2.24, 2.45) is 0 Å². The van der Waals surface area contributed by atoms with Crippen LogP contribution in [0.2, 0.25) is 0 Å². The Morgan fingerprint density at radius 2 is 2.00 bits per heavy atom. The maximum atomic E-state index is 11.0. The first-order chi connectivity index (χ1) is 8.03. The Hall–Kier alpha value is -1.38. The monoisotopic (exact) mass is 252 g/mol. The van der Waals surface area contributed by atoms with Crippen LogP contribution in [0.3, 0.4) is 0 Å². The van der Waals surface area contributed by atoms with Crippen LogP contribution in [0.15, 0.2) is 30.3 Å². The molecular weight excluding hydrogens is 236 g/mol. The molecule has 0 aliphatic heterocycles. The highest BCUT2D eigenvalue weighted by atomic mass is 32.2. The summed E-state index contributed by atoms with van der Waals surface area (Å²) in [7, 11) is -2.96. The van der Waals surface area contributed by atoms with Gasteiger partial charge in [-0.05, 0) is 5.56 Å². The van der Waals surface area contributed by atoms with E-state index in [0.717, 1.165) is 5.56 Å². The number of rotatable bonds is 6. The molecule has 0 radical (unpaired) electrons. The predicted molar refractivity (Wildman–Crippen MR) is 67.1 cm³/mol. The second-order valence-corrected chi connectivity index (χ2v) is 6.17. The lowest BCUT2D eigenvalue weighted by molar-refractivity contribution is 0.553. The van der Waals surface area contributed by atoms with E-state index >= 15 is 0 Å². The highest BCUT2D eigenvalue weighted by Crippen LogP contribution is 2.15. The minimum absolute atomic E-state index is 0.0851. The molecule has 0 amide bonds. The van der Waals surface area contributed by atoms with E-state index in [1.54, 1.807) is 0 Å². The van der Waals surface area contributed by atoms with Gasteiger partial charge in [0.15, 0.2) is 0 Å². The lowest BCUT2D eigenvalue weighted by Crippen LogP contribution is -2.26. The van der Waals surface area contributed by atoms with E-state index in [0.29, 0.717) is 13.0 Å². The summed E-state index contributed by atoms with van der Waals surface area (Å²) in [5.41, 5.74) is 1.00. The first-order valence-corrected chi connectivity index (χ1v) is 7.42. The molecular formula is C12H16N2O2S. The summed E-state index contributed by atoms with van der Waals surface area (Å²) in [5, 5.41) is 11.8. The molecule has 5 heteroatoms. The molecule has 0 aliphatic rings. The van der Waals surface area contributed by atoms with Gasteiger partial charge in [0.1, 0.15) is 9.84 Å². The summed E-state index contributed by atoms with van der Waals surface area (Å²) in [6.07, 6.45) is 1.53. The molecule has 1 N–H and O–H groups in total. The van der Waals surface area contributed by atoms with Gasteiger partial charge in [-0.2, -0.15) is 5.26 Å². The van der Waals surface area contributed by atoms with Crippen LogP contribution in [0, 0.1) is 11.3 Å². The first kappa shape index (κ1) is 13.7. The van der Waals surface area contributed by atoms with Crippen LogP contribution < -0.4 is 5.32 Å². The van der Waals surface area contributed by atoms with Gasteiger partial charge in [0.05, 0.1) is 18.2 Å². The largest absolute Gasteiger partial charge is 0.308 e. The molecule has 1 aromatic carbocycles. The van der Waals surface area contributed by atoms with Gasteiger partial charge in [-0.3, -0.25) is 0 Å². The third-order valence-electron chi connectivity index (χ3n) is 2.36. The van der Waals surface area contributed by atoms with Gasteiger partial charge in [-0.1, -0.05) is 30.3 Å². The van der Waals surface area contributed by atoms with Crippen molar-refractivity contribution >= 4 is 9.84 Å². The molecule has 0 aliphatic carbocycles. The van der Waals surface area contributed by atoms with Gasteiger partial charge in [0.2, 0.25) is 0 Å². The van der Waals surface area contributed by atoms with Crippen molar-refractivity contribution in [1.82, 2.24) is 5.32 Å². The van der Waals surface area contributed by atoms with Crippen LogP contribution in [-0.2, 0) is 9.84 Å². The van der Waals surface area contributed by atoms with Crippen LogP contribution in [0.5, 0.6) is 0 Å². The van der Waals surface area contributed by atoms with Crippen LogP contribution in [0.25, 0.3) is 0 Å². The van der Waals surface area contributed by atoms with Gasteiger partial charge in [0, 0.05) is 18.8 Å². The van der Waals surface area contributed by atoms with E-state index in [2.05, 4.69) is 11.4 Å². The minimum Gasteiger partial charge on any atom is -0.308 e. The van der Waals surface area contributed by atoms with Gasteiger partial charge < -0.3 is 5.32 Å².